The maximum atomic E-state index is 5.90. The van der Waals surface area contributed by atoms with E-state index in [1.165, 1.54) is 5.56 Å². The molecule has 2 rings (SSSR count). The quantitative estimate of drug-likeness (QED) is 0.800. The van der Waals surface area contributed by atoms with Gasteiger partial charge in [-0.05, 0) is 29.8 Å². The number of benzene rings is 2. The molecule has 0 bridgehead atoms. The summed E-state index contributed by atoms with van der Waals surface area (Å²) in [5.41, 5.74) is 8.79. The predicted octanol–water partition coefficient (Wildman–Crippen LogP) is 4.41. The summed E-state index contributed by atoms with van der Waals surface area (Å²) in [6.07, 6.45) is 0. The van der Waals surface area contributed by atoms with Gasteiger partial charge in [0.2, 0.25) is 0 Å². The van der Waals surface area contributed by atoms with Crippen molar-refractivity contribution in [1.29, 1.82) is 0 Å². The summed E-state index contributed by atoms with van der Waals surface area (Å²) in [6.45, 7) is 0.738. The maximum Gasteiger partial charge on any atom is 0.0587 e. The Morgan fingerprint density at radius 2 is 1.82 bits per heavy atom. The third-order valence-corrected chi connectivity index (χ3v) is 3.71. The van der Waals surface area contributed by atoms with Gasteiger partial charge in [0.15, 0.2) is 0 Å². The first-order chi connectivity index (χ1) is 8.16. The Balaban J connectivity index is 2.12. The summed E-state index contributed by atoms with van der Waals surface area (Å²) in [6, 6.07) is 13.9. The van der Waals surface area contributed by atoms with Crippen molar-refractivity contribution in [3.63, 3.8) is 0 Å². The Hall–Kier alpha value is -1.00. The second kappa shape index (κ2) is 5.56. The number of halogens is 2. The van der Waals surface area contributed by atoms with Crippen LogP contribution in [0.15, 0.2) is 51.4 Å². The van der Waals surface area contributed by atoms with Crippen LogP contribution in [-0.2, 0) is 6.54 Å². The van der Waals surface area contributed by atoms with Gasteiger partial charge in [0.05, 0.1) is 11.4 Å². The molecule has 0 aromatic heterocycles. The minimum absolute atomic E-state index is 0.738. The third-order valence-electron chi connectivity index (χ3n) is 2.44. The minimum atomic E-state index is 0.738. The van der Waals surface area contributed by atoms with E-state index in [1.54, 1.807) is 0 Å². The maximum absolute atomic E-state index is 5.90. The molecule has 0 atom stereocenters. The molecule has 0 fully saturated rings. The molecule has 0 heterocycles. The molecule has 0 aliphatic carbocycles. The van der Waals surface area contributed by atoms with Crippen LogP contribution in [0.4, 0.5) is 11.4 Å². The fourth-order valence-electron chi connectivity index (χ4n) is 1.51. The lowest BCUT2D eigenvalue weighted by atomic mass is 10.2. The van der Waals surface area contributed by atoms with Crippen LogP contribution < -0.4 is 11.1 Å². The molecule has 2 nitrogen and oxygen atoms in total. The summed E-state index contributed by atoms with van der Waals surface area (Å²) in [5, 5.41) is 3.33. The average Bonchev–Trinajstić information content (AvgIpc) is 2.32. The number of hydrogen-bond acceptors (Lipinski definition) is 2. The Bertz CT molecular complexity index is 527. The van der Waals surface area contributed by atoms with E-state index in [-0.39, 0.29) is 0 Å². The molecule has 0 spiro atoms. The molecule has 2 aromatic carbocycles. The van der Waals surface area contributed by atoms with Crippen LogP contribution in [-0.4, -0.2) is 0 Å². The van der Waals surface area contributed by atoms with Gasteiger partial charge in [-0.1, -0.05) is 50.1 Å². The molecule has 88 valence electrons. The Labute approximate surface area is 117 Å². The number of hydrogen-bond donors (Lipinski definition) is 2. The largest absolute Gasteiger partial charge is 0.397 e. The smallest absolute Gasteiger partial charge is 0.0587 e. The molecule has 0 radical (unpaired) electrons. The van der Waals surface area contributed by atoms with Crippen molar-refractivity contribution in [2.24, 2.45) is 0 Å². The van der Waals surface area contributed by atoms with E-state index in [0.29, 0.717) is 0 Å². The van der Waals surface area contributed by atoms with Crippen molar-refractivity contribution in [2.45, 2.75) is 6.54 Å². The van der Waals surface area contributed by atoms with Gasteiger partial charge in [0.1, 0.15) is 0 Å². The summed E-state index contributed by atoms with van der Waals surface area (Å²) >= 11 is 6.95. The fraction of sp³-hybridized carbons (Fsp3) is 0.0769. The lowest BCUT2D eigenvalue weighted by Crippen LogP contribution is -2.02. The van der Waals surface area contributed by atoms with Crippen LogP contribution >= 0.6 is 31.9 Å². The van der Waals surface area contributed by atoms with E-state index >= 15 is 0 Å². The van der Waals surface area contributed by atoms with Gasteiger partial charge < -0.3 is 11.1 Å². The van der Waals surface area contributed by atoms with E-state index in [2.05, 4.69) is 43.2 Å². The monoisotopic (exact) mass is 354 g/mol. The van der Waals surface area contributed by atoms with Crippen molar-refractivity contribution in [3.05, 3.63) is 57.0 Å². The van der Waals surface area contributed by atoms with Crippen LogP contribution in [0.3, 0.4) is 0 Å². The van der Waals surface area contributed by atoms with Gasteiger partial charge in [0.25, 0.3) is 0 Å². The SMILES string of the molecule is Nc1ccc(Br)cc1NCc1ccccc1Br. The van der Waals surface area contributed by atoms with Gasteiger partial charge in [-0.3, -0.25) is 0 Å². The molecule has 17 heavy (non-hydrogen) atoms. The van der Waals surface area contributed by atoms with E-state index < -0.39 is 0 Å². The Morgan fingerprint density at radius 1 is 1.06 bits per heavy atom. The third kappa shape index (κ3) is 3.23. The standard InChI is InChI=1S/C13H12Br2N2/c14-10-5-6-12(16)13(7-10)17-8-9-3-1-2-4-11(9)15/h1-7,17H,8,16H2. The molecule has 0 aliphatic rings. The van der Waals surface area contributed by atoms with E-state index in [0.717, 1.165) is 26.9 Å². The molecular weight excluding hydrogens is 344 g/mol. The van der Waals surface area contributed by atoms with Gasteiger partial charge in [-0.2, -0.15) is 0 Å². The van der Waals surface area contributed by atoms with Crippen molar-refractivity contribution >= 4 is 43.2 Å². The Kier molecular flexibility index (Phi) is 4.07. The summed E-state index contributed by atoms with van der Waals surface area (Å²) in [5.74, 6) is 0. The van der Waals surface area contributed by atoms with Gasteiger partial charge in [-0.15, -0.1) is 0 Å². The van der Waals surface area contributed by atoms with Crippen molar-refractivity contribution in [2.75, 3.05) is 11.1 Å². The average molecular weight is 356 g/mol. The molecule has 0 saturated carbocycles. The number of rotatable bonds is 3. The first-order valence-electron chi connectivity index (χ1n) is 5.19. The highest BCUT2D eigenvalue weighted by Crippen LogP contribution is 2.25. The van der Waals surface area contributed by atoms with Gasteiger partial charge >= 0.3 is 0 Å². The van der Waals surface area contributed by atoms with Crippen molar-refractivity contribution in [3.8, 4) is 0 Å². The van der Waals surface area contributed by atoms with Crippen molar-refractivity contribution < 1.29 is 0 Å². The molecule has 2 aromatic rings. The van der Waals surface area contributed by atoms with Crippen LogP contribution in [0.5, 0.6) is 0 Å². The summed E-state index contributed by atoms with van der Waals surface area (Å²) < 4.78 is 2.11. The lowest BCUT2D eigenvalue weighted by Gasteiger charge is -2.10. The minimum Gasteiger partial charge on any atom is -0.397 e. The second-order valence-corrected chi connectivity index (χ2v) is 5.45. The Morgan fingerprint density at radius 3 is 2.59 bits per heavy atom. The van der Waals surface area contributed by atoms with Gasteiger partial charge in [0, 0.05) is 15.5 Å². The van der Waals surface area contributed by atoms with Crippen LogP contribution in [0.1, 0.15) is 5.56 Å². The molecule has 0 amide bonds. The summed E-state index contributed by atoms with van der Waals surface area (Å²) in [7, 11) is 0. The zero-order valence-electron chi connectivity index (χ0n) is 9.08. The lowest BCUT2D eigenvalue weighted by molar-refractivity contribution is 1.14. The zero-order valence-corrected chi connectivity index (χ0v) is 12.3. The topological polar surface area (TPSA) is 38.0 Å². The zero-order chi connectivity index (χ0) is 12.3. The number of nitrogens with one attached hydrogen (secondary N) is 1. The van der Waals surface area contributed by atoms with Crippen LogP contribution in [0.25, 0.3) is 0 Å². The van der Waals surface area contributed by atoms with Crippen LogP contribution in [0, 0.1) is 0 Å². The fourth-order valence-corrected chi connectivity index (χ4v) is 2.30. The normalized spacial score (nSPS) is 10.2. The molecular formula is C13H12Br2N2. The van der Waals surface area contributed by atoms with E-state index in [4.69, 9.17) is 5.73 Å². The van der Waals surface area contributed by atoms with Crippen molar-refractivity contribution in [1.82, 2.24) is 0 Å². The van der Waals surface area contributed by atoms with E-state index in [1.807, 2.05) is 36.4 Å². The van der Waals surface area contributed by atoms with Crippen LogP contribution in [0.2, 0.25) is 0 Å². The summed E-state index contributed by atoms with van der Waals surface area (Å²) in [4.78, 5) is 0. The molecule has 0 saturated heterocycles. The molecule has 3 N–H and O–H groups in total. The predicted molar refractivity (Wildman–Crippen MR) is 80.0 cm³/mol. The molecule has 4 heteroatoms. The highest BCUT2D eigenvalue weighted by atomic mass is 79.9. The highest BCUT2D eigenvalue weighted by Gasteiger charge is 2.01. The first kappa shape index (κ1) is 12.5. The molecule has 0 unspecified atom stereocenters. The van der Waals surface area contributed by atoms with E-state index in [9.17, 15) is 0 Å². The highest BCUT2D eigenvalue weighted by molar-refractivity contribution is 9.10. The number of nitrogen functional groups attached to an aromatic ring is 1. The first-order valence-corrected chi connectivity index (χ1v) is 6.78. The number of nitrogens with two attached hydrogens (primary N) is 1. The van der Waals surface area contributed by atoms with Gasteiger partial charge in [-0.25, -0.2) is 0 Å². The molecule has 0 aliphatic heterocycles. The number of anilines is 2. The second-order valence-electron chi connectivity index (χ2n) is 3.68.